The second kappa shape index (κ2) is 8.95. The maximum absolute atomic E-state index is 12.7. The molecular weight excluding hydrogens is 366 g/mol. The van der Waals surface area contributed by atoms with E-state index in [2.05, 4.69) is 5.32 Å². The molecule has 0 bridgehead atoms. The first-order chi connectivity index (χ1) is 11.9. The number of rotatable bonds is 7. The zero-order chi connectivity index (χ0) is 18.4. The van der Waals surface area contributed by atoms with Crippen LogP contribution in [0.15, 0.2) is 29.2 Å². The number of hydrogen-bond acceptors (Lipinski definition) is 5. The SMILES string of the molecule is COCCNC(=O)[C@H](C)N1CCN(S(=O)(=O)c2ccc(Cl)cc2)CC1. The number of sulfonamides is 1. The molecule has 9 heteroatoms. The van der Waals surface area contributed by atoms with Crippen LogP contribution in [0.2, 0.25) is 5.02 Å². The van der Waals surface area contributed by atoms with Crippen LogP contribution in [0.4, 0.5) is 0 Å². The van der Waals surface area contributed by atoms with Gasteiger partial charge in [-0.3, -0.25) is 9.69 Å². The van der Waals surface area contributed by atoms with Crippen LogP contribution in [0.25, 0.3) is 0 Å². The second-order valence-electron chi connectivity index (χ2n) is 5.85. The predicted octanol–water partition coefficient (Wildman–Crippen LogP) is 0.797. The molecule has 1 amide bonds. The number of carbonyl (C=O) groups excluding carboxylic acids is 1. The first-order valence-electron chi connectivity index (χ1n) is 8.12. The van der Waals surface area contributed by atoms with Crippen LogP contribution in [0.3, 0.4) is 0 Å². The number of amides is 1. The van der Waals surface area contributed by atoms with Gasteiger partial charge in [0.25, 0.3) is 0 Å². The van der Waals surface area contributed by atoms with Crippen molar-refractivity contribution in [1.82, 2.24) is 14.5 Å². The summed E-state index contributed by atoms with van der Waals surface area (Å²) in [5.41, 5.74) is 0. The summed E-state index contributed by atoms with van der Waals surface area (Å²) in [5.74, 6) is -0.0777. The molecule has 1 heterocycles. The lowest BCUT2D eigenvalue weighted by Gasteiger charge is -2.36. The summed E-state index contributed by atoms with van der Waals surface area (Å²) in [6.07, 6.45) is 0. The molecule has 7 nitrogen and oxygen atoms in total. The van der Waals surface area contributed by atoms with Crippen LogP contribution in [-0.2, 0) is 19.6 Å². The summed E-state index contributed by atoms with van der Waals surface area (Å²) < 4.78 is 31.7. The number of nitrogens with zero attached hydrogens (tertiary/aromatic N) is 2. The van der Waals surface area contributed by atoms with Crippen molar-refractivity contribution >= 4 is 27.5 Å². The van der Waals surface area contributed by atoms with Crippen molar-refractivity contribution < 1.29 is 17.9 Å². The average Bonchev–Trinajstić information content (AvgIpc) is 2.61. The number of carbonyl (C=O) groups is 1. The first kappa shape index (κ1) is 20.1. The number of hydrogen-bond donors (Lipinski definition) is 1. The molecule has 25 heavy (non-hydrogen) atoms. The Morgan fingerprint density at radius 2 is 1.84 bits per heavy atom. The van der Waals surface area contributed by atoms with Gasteiger partial charge in [-0.1, -0.05) is 11.6 Å². The monoisotopic (exact) mass is 389 g/mol. The Morgan fingerprint density at radius 3 is 2.40 bits per heavy atom. The summed E-state index contributed by atoms with van der Waals surface area (Å²) in [6, 6.07) is 5.84. The Hall–Kier alpha value is -1.19. The molecule has 1 aliphatic heterocycles. The number of nitrogens with one attached hydrogen (secondary N) is 1. The van der Waals surface area contributed by atoms with E-state index in [0.717, 1.165) is 0 Å². The quantitative estimate of drug-likeness (QED) is 0.698. The average molecular weight is 390 g/mol. The number of piperazine rings is 1. The molecule has 0 spiro atoms. The van der Waals surface area contributed by atoms with Crippen molar-refractivity contribution in [3.63, 3.8) is 0 Å². The summed E-state index contributed by atoms with van der Waals surface area (Å²) in [7, 11) is -1.96. The Kier molecular flexibility index (Phi) is 7.21. The van der Waals surface area contributed by atoms with E-state index in [1.807, 2.05) is 11.8 Å². The summed E-state index contributed by atoms with van der Waals surface area (Å²) in [6.45, 7) is 4.46. The first-order valence-corrected chi connectivity index (χ1v) is 9.94. The molecule has 0 radical (unpaired) electrons. The maximum atomic E-state index is 12.7. The third-order valence-corrected chi connectivity index (χ3v) is 6.42. The molecule has 2 rings (SSSR count). The molecular formula is C16H24ClN3O4S. The molecule has 0 aliphatic carbocycles. The Balaban J connectivity index is 1.92. The minimum atomic E-state index is -3.53. The Morgan fingerprint density at radius 1 is 1.24 bits per heavy atom. The molecule has 1 aromatic rings. The Bertz CT molecular complexity index is 673. The summed E-state index contributed by atoms with van der Waals surface area (Å²) in [4.78, 5) is 14.3. The van der Waals surface area contributed by atoms with Gasteiger partial charge in [-0.25, -0.2) is 8.42 Å². The van der Waals surface area contributed by atoms with Gasteiger partial charge in [0.05, 0.1) is 17.5 Å². The van der Waals surface area contributed by atoms with Gasteiger partial charge in [-0.15, -0.1) is 0 Å². The van der Waals surface area contributed by atoms with E-state index < -0.39 is 10.0 Å². The van der Waals surface area contributed by atoms with Crippen molar-refractivity contribution in [3.8, 4) is 0 Å². The topological polar surface area (TPSA) is 79.0 Å². The molecule has 0 saturated carbocycles. The molecule has 1 aromatic carbocycles. The Labute approximate surface area is 153 Å². The smallest absolute Gasteiger partial charge is 0.243 e. The lowest BCUT2D eigenvalue weighted by Crippen LogP contribution is -2.55. The zero-order valence-electron chi connectivity index (χ0n) is 14.4. The molecule has 1 fully saturated rings. The van der Waals surface area contributed by atoms with E-state index >= 15 is 0 Å². The lowest BCUT2D eigenvalue weighted by molar-refractivity contribution is -0.126. The number of methoxy groups -OCH3 is 1. The molecule has 1 saturated heterocycles. The van der Waals surface area contributed by atoms with E-state index in [-0.39, 0.29) is 16.8 Å². The van der Waals surface area contributed by atoms with Crippen molar-refractivity contribution in [1.29, 1.82) is 0 Å². The van der Waals surface area contributed by atoms with E-state index in [9.17, 15) is 13.2 Å². The molecule has 0 unspecified atom stereocenters. The van der Waals surface area contributed by atoms with Gasteiger partial charge in [0.15, 0.2) is 0 Å². The minimum absolute atomic E-state index is 0.0777. The van der Waals surface area contributed by atoms with Crippen LogP contribution in [0.1, 0.15) is 6.92 Å². The minimum Gasteiger partial charge on any atom is -0.383 e. The largest absolute Gasteiger partial charge is 0.383 e. The third-order valence-electron chi connectivity index (χ3n) is 4.26. The predicted molar refractivity (Wildman–Crippen MR) is 96.1 cm³/mol. The van der Waals surface area contributed by atoms with E-state index in [4.69, 9.17) is 16.3 Å². The van der Waals surface area contributed by atoms with Gasteiger partial charge < -0.3 is 10.1 Å². The van der Waals surface area contributed by atoms with Gasteiger partial charge in [-0.2, -0.15) is 4.31 Å². The fraction of sp³-hybridized carbons (Fsp3) is 0.562. The number of ether oxygens (including phenoxy) is 1. The molecule has 140 valence electrons. The number of benzene rings is 1. The van der Waals surface area contributed by atoms with Crippen LogP contribution in [0, 0.1) is 0 Å². The molecule has 1 N–H and O–H groups in total. The van der Waals surface area contributed by atoms with Gasteiger partial charge in [-0.05, 0) is 31.2 Å². The highest BCUT2D eigenvalue weighted by molar-refractivity contribution is 7.89. The lowest BCUT2D eigenvalue weighted by atomic mass is 10.2. The fourth-order valence-electron chi connectivity index (χ4n) is 2.68. The van der Waals surface area contributed by atoms with E-state index in [0.29, 0.717) is 44.4 Å². The van der Waals surface area contributed by atoms with Gasteiger partial charge in [0, 0.05) is 44.9 Å². The summed E-state index contributed by atoms with van der Waals surface area (Å²) >= 11 is 5.82. The fourth-order valence-corrected chi connectivity index (χ4v) is 4.22. The highest BCUT2D eigenvalue weighted by Crippen LogP contribution is 2.20. The normalized spacial score (nSPS) is 18.0. The van der Waals surface area contributed by atoms with Gasteiger partial charge >= 0.3 is 0 Å². The highest BCUT2D eigenvalue weighted by Gasteiger charge is 2.31. The zero-order valence-corrected chi connectivity index (χ0v) is 16.0. The summed E-state index contributed by atoms with van der Waals surface area (Å²) in [5, 5.41) is 3.30. The number of halogens is 1. The van der Waals surface area contributed by atoms with Crippen molar-refractivity contribution in [3.05, 3.63) is 29.3 Å². The van der Waals surface area contributed by atoms with Crippen LogP contribution in [0.5, 0.6) is 0 Å². The van der Waals surface area contributed by atoms with Crippen LogP contribution in [-0.4, -0.2) is 76.0 Å². The van der Waals surface area contributed by atoms with Crippen LogP contribution < -0.4 is 5.32 Å². The standard InChI is InChI=1S/C16H24ClN3O4S/c1-13(16(21)18-7-12-24-2)19-8-10-20(11-9-19)25(22,23)15-5-3-14(17)4-6-15/h3-6,13H,7-12H2,1-2H3,(H,18,21)/t13-/m0/s1. The van der Waals surface area contributed by atoms with Gasteiger partial charge in [0.2, 0.25) is 15.9 Å². The molecule has 0 aromatic heterocycles. The maximum Gasteiger partial charge on any atom is 0.243 e. The van der Waals surface area contributed by atoms with E-state index in [1.165, 1.54) is 16.4 Å². The van der Waals surface area contributed by atoms with Gasteiger partial charge in [0.1, 0.15) is 0 Å². The van der Waals surface area contributed by atoms with Crippen LogP contribution >= 0.6 is 11.6 Å². The third kappa shape index (κ3) is 5.15. The van der Waals surface area contributed by atoms with Crippen molar-refractivity contribution in [2.24, 2.45) is 0 Å². The molecule has 1 aliphatic rings. The van der Waals surface area contributed by atoms with Crippen molar-refractivity contribution in [2.45, 2.75) is 17.9 Å². The second-order valence-corrected chi connectivity index (χ2v) is 8.23. The van der Waals surface area contributed by atoms with E-state index in [1.54, 1.807) is 19.2 Å². The van der Waals surface area contributed by atoms with Crippen molar-refractivity contribution in [2.75, 3.05) is 46.4 Å². The molecule has 1 atom stereocenters. The highest BCUT2D eigenvalue weighted by atomic mass is 35.5.